The number of likely N-dealkylation sites (N-methyl/N-ethyl adjacent to an activating group) is 1. The number of aliphatic hydroxyl groups excluding tert-OH is 1. The van der Waals surface area contributed by atoms with Crippen LogP contribution < -0.4 is 4.74 Å². The number of halogens is 1. The first kappa shape index (κ1) is 26.2. The summed E-state index contributed by atoms with van der Waals surface area (Å²) in [5, 5.41) is 9.75. The van der Waals surface area contributed by atoms with Gasteiger partial charge in [-0.05, 0) is 69.4 Å². The second kappa shape index (κ2) is 11.3. The molecule has 0 aromatic heterocycles. The van der Waals surface area contributed by atoms with Gasteiger partial charge in [-0.25, -0.2) is 12.8 Å². The normalized spacial score (nSPS) is 20.9. The van der Waals surface area contributed by atoms with Crippen LogP contribution in [0.25, 0.3) is 0 Å². The maximum atomic E-state index is 13.5. The molecule has 0 saturated heterocycles. The number of benzene rings is 2. The predicted octanol–water partition coefficient (Wildman–Crippen LogP) is 3.34. The summed E-state index contributed by atoms with van der Waals surface area (Å²) in [7, 11) is -1.87. The molecule has 34 heavy (non-hydrogen) atoms. The highest BCUT2D eigenvalue weighted by atomic mass is 32.2. The summed E-state index contributed by atoms with van der Waals surface area (Å²) in [5.74, 6) is 5.80. The first-order chi connectivity index (χ1) is 16.1. The molecule has 1 aliphatic rings. The Hall–Kier alpha value is -2.44. The maximum Gasteiger partial charge on any atom is 0.247 e. The zero-order valence-electron chi connectivity index (χ0n) is 20.2. The van der Waals surface area contributed by atoms with E-state index in [0.717, 1.165) is 13.0 Å². The minimum absolute atomic E-state index is 0.0650. The highest BCUT2D eigenvalue weighted by Gasteiger charge is 2.38. The minimum Gasteiger partial charge on any atom is -0.487 e. The van der Waals surface area contributed by atoms with E-state index in [4.69, 9.17) is 4.74 Å². The molecule has 1 heterocycles. The van der Waals surface area contributed by atoms with Crippen molar-refractivity contribution in [1.29, 1.82) is 0 Å². The van der Waals surface area contributed by atoms with Crippen LogP contribution in [0.5, 0.6) is 5.75 Å². The molecule has 2 aromatic rings. The van der Waals surface area contributed by atoms with E-state index in [2.05, 4.69) is 23.7 Å². The standard InChI is InChI=1S/C26H33FN2O4S/c1-5-14-28(4)17-25-19(2)16-29(20(3)18-30)34(31,32)26-13-10-22(15-24(26)33-25)7-6-21-8-11-23(27)12-9-21/h8-13,15,19-20,25,30H,5,14,16-18H2,1-4H3/t19-,20+,25+/m0/s1. The van der Waals surface area contributed by atoms with Gasteiger partial charge in [0.05, 0.1) is 6.61 Å². The van der Waals surface area contributed by atoms with E-state index in [9.17, 15) is 17.9 Å². The van der Waals surface area contributed by atoms with Crippen LogP contribution in [0.15, 0.2) is 47.4 Å². The number of aliphatic hydroxyl groups is 1. The third kappa shape index (κ3) is 6.16. The van der Waals surface area contributed by atoms with Crippen molar-refractivity contribution in [3.05, 3.63) is 59.4 Å². The van der Waals surface area contributed by atoms with Crippen molar-refractivity contribution in [3.63, 3.8) is 0 Å². The van der Waals surface area contributed by atoms with Gasteiger partial charge in [0, 0.05) is 36.2 Å². The predicted molar refractivity (Wildman–Crippen MR) is 131 cm³/mol. The van der Waals surface area contributed by atoms with Crippen LogP contribution in [-0.2, 0) is 10.0 Å². The SMILES string of the molecule is CCCN(C)C[C@H]1Oc2cc(C#Cc3ccc(F)cc3)ccc2S(=O)(=O)N([C@H](C)CO)C[C@@H]1C. The molecule has 8 heteroatoms. The van der Waals surface area contributed by atoms with Crippen LogP contribution in [0.4, 0.5) is 4.39 Å². The van der Waals surface area contributed by atoms with E-state index in [1.807, 2.05) is 14.0 Å². The molecular weight excluding hydrogens is 455 g/mol. The van der Waals surface area contributed by atoms with E-state index in [1.165, 1.54) is 22.5 Å². The van der Waals surface area contributed by atoms with Crippen molar-refractivity contribution in [1.82, 2.24) is 9.21 Å². The molecule has 1 aliphatic heterocycles. The maximum absolute atomic E-state index is 13.5. The van der Waals surface area contributed by atoms with Gasteiger partial charge in [-0.2, -0.15) is 4.31 Å². The van der Waals surface area contributed by atoms with Crippen molar-refractivity contribution in [2.45, 2.75) is 44.2 Å². The second-order valence-corrected chi connectivity index (χ2v) is 10.8. The Kier molecular flexibility index (Phi) is 8.72. The number of hydrogen-bond donors (Lipinski definition) is 1. The van der Waals surface area contributed by atoms with E-state index in [-0.39, 0.29) is 41.6 Å². The number of nitrogens with zero attached hydrogens (tertiary/aromatic N) is 2. The van der Waals surface area contributed by atoms with Gasteiger partial charge in [-0.3, -0.25) is 0 Å². The lowest BCUT2D eigenvalue weighted by Crippen LogP contribution is -2.49. The van der Waals surface area contributed by atoms with Gasteiger partial charge < -0.3 is 14.7 Å². The molecule has 2 aromatic carbocycles. The van der Waals surface area contributed by atoms with Crippen LogP contribution in [0.3, 0.4) is 0 Å². The van der Waals surface area contributed by atoms with Crippen LogP contribution in [0.1, 0.15) is 38.3 Å². The fourth-order valence-corrected chi connectivity index (χ4v) is 5.80. The molecule has 1 N–H and O–H groups in total. The summed E-state index contributed by atoms with van der Waals surface area (Å²) in [5.41, 5.74) is 1.24. The topological polar surface area (TPSA) is 70.1 Å². The monoisotopic (exact) mass is 488 g/mol. The average molecular weight is 489 g/mol. The molecule has 0 unspecified atom stereocenters. The molecule has 0 fully saturated rings. The van der Waals surface area contributed by atoms with E-state index < -0.39 is 16.1 Å². The summed E-state index contributed by atoms with van der Waals surface area (Å²) in [6.07, 6.45) is 0.749. The Bertz CT molecular complexity index is 1140. The molecule has 0 bridgehead atoms. The number of hydrogen-bond acceptors (Lipinski definition) is 5. The van der Waals surface area contributed by atoms with Crippen molar-refractivity contribution in [3.8, 4) is 17.6 Å². The molecule has 184 valence electrons. The zero-order chi connectivity index (χ0) is 24.9. The van der Waals surface area contributed by atoms with Crippen molar-refractivity contribution in [2.24, 2.45) is 5.92 Å². The van der Waals surface area contributed by atoms with Gasteiger partial charge in [0.15, 0.2) is 0 Å². The van der Waals surface area contributed by atoms with Gasteiger partial charge in [-0.15, -0.1) is 0 Å². The molecular formula is C26H33FN2O4S. The number of ether oxygens (including phenoxy) is 1. The molecule has 0 saturated carbocycles. The van der Waals surface area contributed by atoms with Gasteiger partial charge in [0.25, 0.3) is 0 Å². The smallest absolute Gasteiger partial charge is 0.247 e. The summed E-state index contributed by atoms with van der Waals surface area (Å²) >= 11 is 0. The fourth-order valence-electron chi connectivity index (χ4n) is 3.98. The van der Waals surface area contributed by atoms with Crippen molar-refractivity contribution in [2.75, 3.05) is 33.3 Å². The van der Waals surface area contributed by atoms with Gasteiger partial charge in [0.2, 0.25) is 10.0 Å². The minimum atomic E-state index is -3.89. The van der Waals surface area contributed by atoms with Crippen LogP contribution >= 0.6 is 0 Å². The van der Waals surface area contributed by atoms with Crippen LogP contribution in [0.2, 0.25) is 0 Å². The Morgan fingerprint density at radius 2 is 1.85 bits per heavy atom. The van der Waals surface area contributed by atoms with Crippen molar-refractivity contribution < 1.29 is 22.7 Å². The summed E-state index contributed by atoms with van der Waals surface area (Å²) in [4.78, 5) is 2.24. The van der Waals surface area contributed by atoms with E-state index in [0.29, 0.717) is 17.7 Å². The molecule has 3 rings (SSSR count). The lowest BCUT2D eigenvalue weighted by molar-refractivity contribution is 0.0752. The number of sulfonamides is 1. The summed E-state index contributed by atoms with van der Waals surface area (Å²) in [6.45, 7) is 7.30. The highest BCUT2D eigenvalue weighted by Crippen LogP contribution is 2.34. The van der Waals surface area contributed by atoms with Gasteiger partial charge in [0.1, 0.15) is 22.6 Å². The Morgan fingerprint density at radius 3 is 2.50 bits per heavy atom. The summed E-state index contributed by atoms with van der Waals surface area (Å²) in [6, 6.07) is 10.1. The summed E-state index contributed by atoms with van der Waals surface area (Å²) < 4.78 is 47.9. The number of fused-ring (bicyclic) bond motifs is 1. The largest absolute Gasteiger partial charge is 0.487 e. The molecule has 0 amide bonds. The van der Waals surface area contributed by atoms with E-state index in [1.54, 1.807) is 31.2 Å². The molecule has 0 aliphatic carbocycles. The van der Waals surface area contributed by atoms with Crippen molar-refractivity contribution >= 4 is 10.0 Å². The quantitative estimate of drug-likeness (QED) is 0.632. The lowest BCUT2D eigenvalue weighted by Gasteiger charge is -2.37. The first-order valence-electron chi connectivity index (χ1n) is 11.5. The lowest BCUT2D eigenvalue weighted by atomic mass is 10.0. The van der Waals surface area contributed by atoms with Crippen LogP contribution in [-0.4, -0.2) is 68.2 Å². The van der Waals surface area contributed by atoms with Crippen LogP contribution in [0, 0.1) is 23.6 Å². The zero-order valence-corrected chi connectivity index (χ0v) is 21.0. The Balaban J connectivity index is 2.04. The van der Waals surface area contributed by atoms with Gasteiger partial charge >= 0.3 is 0 Å². The fraction of sp³-hybridized carbons (Fsp3) is 0.462. The molecule has 0 spiro atoms. The van der Waals surface area contributed by atoms with Gasteiger partial charge in [-0.1, -0.05) is 25.7 Å². The Labute approximate surface area is 202 Å². The second-order valence-electron chi connectivity index (χ2n) is 8.92. The highest BCUT2D eigenvalue weighted by molar-refractivity contribution is 7.89. The first-order valence-corrected chi connectivity index (χ1v) is 13.0. The Morgan fingerprint density at radius 1 is 1.21 bits per heavy atom. The van der Waals surface area contributed by atoms with E-state index >= 15 is 0 Å². The molecule has 3 atom stereocenters. The number of rotatable bonds is 6. The average Bonchev–Trinajstić information content (AvgIpc) is 2.80. The molecule has 0 radical (unpaired) electrons. The third-order valence-electron chi connectivity index (χ3n) is 5.96. The molecule has 6 nitrogen and oxygen atoms in total. The third-order valence-corrected chi connectivity index (χ3v) is 7.98.